The largest absolute Gasteiger partial charge is 0.480 e. The van der Waals surface area contributed by atoms with Gasteiger partial charge >= 0.3 is 17.7 Å². The third-order valence-electron chi connectivity index (χ3n) is 10.4. The maximum Gasteiger partial charge on any atom is 0.340 e. The number of nitrogens with two attached hydrogens (primary N) is 2. The van der Waals surface area contributed by atoms with Crippen LogP contribution in [0.1, 0.15) is 64.7 Å². The van der Waals surface area contributed by atoms with Crippen molar-refractivity contribution in [2.75, 3.05) is 26.2 Å². The fourth-order valence-corrected chi connectivity index (χ4v) is 8.03. The number of aliphatic hydroxyl groups excluding tert-OH is 4. The minimum atomic E-state index is -2.31. The molecular weight excluding hydrogens is 988 g/mol. The fourth-order valence-electron chi connectivity index (χ4n) is 6.46. The molecule has 2 rings (SSSR count). The Bertz CT molecular complexity index is 2130. The SMILES string of the molecule is CC(=O)N(O)CCCC(N)C(=O)N[C@H](CCCN(O)C(C)=O)C(=O)N[C@@H](CCCN(O)C(C)=O)C(=O)N[C@@H](CO)C(=O)N[C@@H](C(=O)O)[C@@H](O)[C@H]1S[C@@H](n2cc/c(=N/C(N)=O)n(C)c2=O)[C@@H](O)[C@@H]1O.[Fe]. The first kappa shape index (κ1) is 61.5. The number of carbonyl (C=O) groups is 9. The molecule has 9 amide bonds. The Morgan fingerprint density at radius 2 is 1.19 bits per heavy atom. The summed E-state index contributed by atoms with van der Waals surface area (Å²) in [5.74, 6) is -8.71. The Kier molecular flexibility index (Phi) is 25.7. The van der Waals surface area contributed by atoms with Crippen LogP contribution < -0.4 is 43.9 Å². The molecule has 1 unspecified atom stereocenters. The van der Waals surface area contributed by atoms with Crippen LogP contribution in [-0.2, 0) is 62.5 Å². The van der Waals surface area contributed by atoms with Gasteiger partial charge in [-0.25, -0.2) is 29.6 Å². The van der Waals surface area contributed by atoms with E-state index in [2.05, 4.69) is 20.9 Å². The van der Waals surface area contributed by atoms with E-state index in [9.17, 15) is 89.1 Å². The van der Waals surface area contributed by atoms with Crippen LogP contribution in [-0.4, -0.2) is 199 Å². The van der Waals surface area contributed by atoms with Crippen LogP contribution in [0.25, 0.3) is 0 Å². The van der Waals surface area contributed by atoms with Gasteiger partial charge in [-0.3, -0.25) is 58.3 Å². The molecule has 2 heterocycles. The summed E-state index contributed by atoms with van der Waals surface area (Å²) in [6, 6.07) is -8.79. The molecule has 32 heteroatoms. The van der Waals surface area contributed by atoms with Gasteiger partial charge in [0.05, 0.1) is 30.1 Å². The third-order valence-corrected chi connectivity index (χ3v) is 12.0. The number of thioether (sulfide) groups is 1. The number of aliphatic hydroxyl groups is 4. The molecule has 10 atom stereocenters. The Morgan fingerprint density at radius 3 is 1.62 bits per heavy atom. The number of hydrogen-bond acceptors (Lipinski definition) is 19. The summed E-state index contributed by atoms with van der Waals surface area (Å²) in [5.41, 5.74) is 9.99. The van der Waals surface area contributed by atoms with Crippen molar-refractivity contribution in [1.82, 2.24) is 45.6 Å². The van der Waals surface area contributed by atoms with Crippen LogP contribution >= 0.6 is 11.8 Å². The average molecular weight is 1050 g/mol. The van der Waals surface area contributed by atoms with Crippen molar-refractivity contribution in [1.29, 1.82) is 0 Å². The minimum Gasteiger partial charge on any atom is -0.480 e. The number of urea groups is 1. The standard InChI is InChI=1S/C37H60N12O18S.Fe/c1-17(51)47(65)12-5-8-20(38)30(57)40-21(9-6-13-48(66)18(2)52)31(58)41-22(10-7-14-49(67)19(3)53)32(59)42-23(16-50)33(60)44-25(35(61)62)26(54)29-27(55)28(56)34(68-29)46-15-11-24(43-36(39)63)45(4)37(46)64;/h11,15,20-23,25-29,34,50,54-56,65-67H,5-10,12-14,16,38H2,1-4H3,(H2,39,63)(H,40,57)(H,41,58)(H,42,59)(H,44,60)(H,61,62);/b43-24-;/t20?,21-,22+,23+,25-,26-,27+,28+,29-,34-;/m1./s1. The van der Waals surface area contributed by atoms with Gasteiger partial charge in [-0.1, -0.05) is 0 Å². The van der Waals surface area contributed by atoms with E-state index in [0.717, 1.165) is 36.1 Å². The van der Waals surface area contributed by atoms with Crippen molar-refractivity contribution < 1.29 is 101 Å². The number of hydrogen-bond donors (Lipinski definition) is 14. The number of aliphatic carboxylic acids is 1. The zero-order valence-electron chi connectivity index (χ0n) is 37.8. The smallest absolute Gasteiger partial charge is 0.340 e. The van der Waals surface area contributed by atoms with Gasteiger partial charge in [0.1, 0.15) is 35.1 Å². The number of nitrogens with zero attached hydrogens (tertiary/aromatic N) is 6. The second-order valence-electron chi connectivity index (χ2n) is 15.5. The van der Waals surface area contributed by atoms with Gasteiger partial charge in [-0.2, -0.15) is 4.99 Å². The predicted octanol–water partition coefficient (Wildman–Crippen LogP) is -6.74. The van der Waals surface area contributed by atoms with Crippen LogP contribution in [0.15, 0.2) is 22.1 Å². The molecule has 0 aromatic carbocycles. The summed E-state index contributed by atoms with van der Waals surface area (Å²) in [5, 5.41) is 89.5. The van der Waals surface area contributed by atoms with Crippen molar-refractivity contribution in [3.63, 3.8) is 0 Å². The summed E-state index contributed by atoms with van der Waals surface area (Å²) in [6.07, 6.45) is -5.91. The summed E-state index contributed by atoms with van der Waals surface area (Å²) in [6.45, 7) is 1.07. The monoisotopic (exact) mass is 1050 g/mol. The van der Waals surface area contributed by atoms with Crippen molar-refractivity contribution >= 4 is 65.1 Å². The predicted molar refractivity (Wildman–Crippen MR) is 229 cm³/mol. The molecule has 1 saturated heterocycles. The second-order valence-corrected chi connectivity index (χ2v) is 16.8. The molecule has 30 nitrogen and oxygen atoms in total. The fraction of sp³-hybridized carbons (Fsp3) is 0.649. The number of primary amides is 1. The zero-order valence-corrected chi connectivity index (χ0v) is 39.7. The molecular formula is C37H60FeN12O18S. The van der Waals surface area contributed by atoms with E-state index in [1.807, 2.05) is 5.32 Å². The van der Waals surface area contributed by atoms with Crippen molar-refractivity contribution in [3.8, 4) is 0 Å². The molecule has 16 N–H and O–H groups in total. The summed E-state index contributed by atoms with van der Waals surface area (Å²) in [7, 11) is 1.21. The number of nitrogens with one attached hydrogen (secondary N) is 4. The van der Waals surface area contributed by atoms with Gasteiger partial charge in [0.2, 0.25) is 41.4 Å². The van der Waals surface area contributed by atoms with Crippen molar-refractivity contribution in [2.45, 2.75) is 118 Å². The molecule has 0 radical (unpaired) electrons. The molecule has 0 bridgehead atoms. The Morgan fingerprint density at radius 1 is 0.754 bits per heavy atom. The molecule has 0 saturated carbocycles. The van der Waals surface area contributed by atoms with Gasteiger partial charge in [-0.05, 0) is 44.6 Å². The first-order valence-corrected chi connectivity index (χ1v) is 21.7. The Balaban J connectivity index is 0.0000238. The number of carboxylic acids is 1. The molecule has 1 fully saturated rings. The molecule has 69 heavy (non-hydrogen) atoms. The summed E-state index contributed by atoms with van der Waals surface area (Å²) >= 11 is 0.545. The third kappa shape index (κ3) is 18.4. The van der Waals surface area contributed by atoms with Crippen LogP contribution in [0.5, 0.6) is 0 Å². The number of carbonyl (C=O) groups excluding carboxylic acids is 8. The topological polar surface area (TPSA) is 465 Å². The van der Waals surface area contributed by atoms with Crippen LogP contribution in [0.2, 0.25) is 0 Å². The normalized spacial score (nSPS) is 19.3. The number of rotatable bonds is 25. The Hall–Kier alpha value is -5.54. The molecule has 1 aliphatic rings. The number of amides is 9. The molecule has 0 aliphatic carbocycles. The molecule has 390 valence electrons. The molecule has 1 aromatic heterocycles. The second kappa shape index (κ2) is 28.8. The van der Waals surface area contributed by atoms with Crippen LogP contribution in [0.4, 0.5) is 4.79 Å². The van der Waals surface area contributed by atoms with Gasteiger partial charge < -0.3 is 58.3 Å². The van der Waals surface area contributed by atoms with Crippen molar-refractivity contribution in [2.24, 2.45) is 23.5 Å². The van der Waals surface area contributed by atoms with E-state index in [0.29, 0.717) is 27.0 Å². The van der Waals surface area contributed by atoms with E-state index in [1.54, 1.807) is 0 Å². The maximum atomic E-state index is 13.8. The van der Waals surface area contributed by atoms with Gasteiger partial charge in [0.25, 0.3) is 0 Å². The quantitative estimate of drug-likeness (QED) is 0.0246. The van der Waals surface area contributed by atoms with Crippen LogP contribution in [0.3, 0.4) is 0 Å². The van der Waals surface area contributed by atoms with Crippen molar-refractivity contribution in [3.05, 3.63) is 28.2 Å². The first-order chi connectivity index (χ1) is 31.7. The van der Waals surface area contributed by atoms with Gasteiger partial charge in [-0.15, -0.1) is 11.8 Å². The number of carboxylic acid groups (broad SMARTS) is 1. The molecule has 0 spiro atoms. The minimum absolute atomic E-state index is 0. The van der Waals surface area contributed by atoms with Gasteiger partial charge in [0, 0.05) is 70.7 Å². The summed E-state index contributed by atoms with van der Waals surface area (Å²) < 4.78 is 1.78. The Labute approximate surface area is 407 Å². The van der Waals surface area contributed by atoms with E-state index in [4.69, 9.17) is 11.5 Å². The molecule has 1 aromatic rings. The summed E-state index contributed by atoms with van der Waals surface area (Å²) in [4.78, 5) is 129. The maximum absolute atomic E-state index is 13.8. The van der Waals surface area contributed by atoms with E-state index >= 15 is 0 Å². The molecule has 1 aliphatic heterocycles. The number of hydroxylamine groups is 6. The van der Waals surface area contributed by atoms with E-state index in [1.165, 1.54) is 13.1 Å². The zero-order chi connectivity index (χ0) is 51.7. The van der Waals surface area contributed by atoms with Gasteiger partial charge in [0.15, 0.2) is 6.04 Å². The van der Waals surface area contributed by atoms with Crippen LogP contribution in [0, 0.1) is 0 Å². The van der Waals surface area contributed by atoms with E-state index < -0.39 is 131 Å². The average Bonchev–Trinajstić information content (AvgIpc) is 3.56. The van der Waals surface area contributed by atoms with E-state index in [-0.39, 0.29) is 74.3 Å². The number of aromatic nitrogens is 2. The first-order valence-electron chi connectivity index (χ1n) is 20.8.